The Bertz CT molecular complexity index is 472. The van der Waals surface area contributed by atoms with Crippen molar-refractivity contribution in [1.82, 2.24) is 5.32 Å². The number of hydrogen-bond donors (Lipinski definition) is 2. The molecule has 0 aromatic heterocycles. The van der Waals surface area contributed by atoms with Gasteiger partial charge in [-0.05, 0) is 36.8 Å². The van der Waals surface area contributed by atoms with Gasteiger partial charge in [-0.3, -0.25) is 9.59 Å². The van der Waals surface area contributed by atoms with Gasteiger partial charge in [0.05, 0.1) is 5.56 Å². The molecule has 0 atom stereocenters. The first-order chi connectivity index (χ1) is 10.2. The molecule has 0 aliphatic carbocycles. The second kappa shape index (κ2) is 10.5. The molecular weight excluding hydrogens is 313 g/mol. The van der Waals surface area contributed by atoms with Gasteiger partial charge in [0.1, 0.15) is 6.29 Å². The van der Waals surface area contributed by atoms with Gasteiger partial charge in [0.2, 0.25) is 0 Å². The summed E-state index contributed by atoms with van der Waals surface area (Å²) < 4.78 is 16.9. The van der Waals surface area contributed by atoms with Crippen molar-refractivity contribution in [1.29, 1.82) is 0 Å². The summed E-state index contributed by atoms with van der Waals surface area (Å²) in [5.74, 6) is 0.588. The zero-order chi connectivity index (χ0) is 15.5. The number of carbonyl (C=O) groups excluding carboxylic acids is 2. The Kier molecular flexibility index (Phi) is 8.93. The van der Waals surface area contributed by atoms with E-state index < -0.39 is 0 Å². The first-order valence-corrected chi connectivity index (χ1v) is 7.94. The van der Waals surface area contributed by atoms with E-state index in [1.807, 2.05) is 0 Å². The number of amides is 1. The normalized spacial score (nSPS) is 10.2. The molecule has 0 heterocycles. The lowest BCUT2D eigenvalue weighted by Crippen LogP contribution is -2.25. The molecule has 7 heteroatoms. The van der Waals surface area contributed by atoms with Crippen molar-refractivity contribution in [2.24, 2.45) is 0 Å². The van der Waals surface area contributed by atoms with Crippen LogP contribution in [0.2, 0.25) is 0 Å². The van der Waals surface area contributed by atoms with Gasteiger partial charge in [0.15, 0.2) is 5.75 Å². The fourth-order valence-corrected chi connectivity index (χ4v) is 2.23. The van der Waals surface area contributed by atoms with Crippen molar-refractivity contribution in [3.05, 3.63) is 29.3 Å². The van der Waals surface area contributed by atoms with Crippen LogP contribution in [0.3, 0.4) is 0 Å². The molecule has 0 aliphatic rings. The van der Waals surface area contributed by atoms with Gasteiger partial charge in [0, 0.05) is 12.1 Å². The van der Waals surface area contributed by atoms with Crippen molar-refractivity contribution < 1.29 is 17.7 Å². The largest absolute Gasteiger partial charge is 0.396 e. The van der Waals surface area contributed by atoms with Crippen LogP contribution in [-0.4, -0.2) is 24.5 Å². The van der Waals surface area contributed by atoms with Crippen molar-refractivity contribution in [3.63, 3.8) is 0 Å². The highest BCUT2D eigenvalue weighted by atomic mass is 32.2. The summed E-state index contributed by atoms with van der Waals surface area (Å²) in [5.41, 5.74) is 0.491. The van der Waals surface area contributed by atoms with Crippen molar-refractivity contribution >= 4 is 37.3 Å². The Hall–Kier alpha value is -1.21. The molecule has 0 bridgehead atoms. The highest BCUT2D eigenvalue weighted by molar-refractivity contribution is 7.89. The van der Waals surface area contributed by atoms with Crippen LogP contribution in [0, 0.1) is 0 Å². The van der Waals surface area contributed by atoms with Crippen LogP contribution in [-0.2, 0) is 0 Å². The maximum atomic E-state index is 12.2. The minimum Gasteiger partial charge on any atom is -0.396 e. The van der Waals surface area contributed by atoms with Gasteiger partial charge in [-0.25, -0.2) is 0 Å². The molecular formula is C14H18FNO3S2. The van der Waals surface area contributed by atoms with E-state index >= 15 is 0 Å². The monoisotopic (exact) mass is 331 g/mol. The van der Waals surface area contributed by atoms with Crippen molar-refractivity contribution in [3.8, 4) is 5.75 Å². The fourth-order valence-electron chi connectivity index (χ4n) is 1.79. The Labute approximate surface area is 133 Å². The van der Waals surface area contributed by atoms with Gasteiger partial charge in [-0.2, -0.15) is 12.6 Å². The molecule has 4 nitrogen and oxygen atoms in total. The highest BCUT2D eigenvalue weighted by Gasteiger charge is 2.14. The van der Waals surface area contributed by atoms with Crippen LogP contribution in [0.4, 0.5) is 3.89 Å². The first-order valence-electron chi connectivity index (χ1n) is 6.66. The first kappa shape index (κ1) is 17.8. The van der Waals surface area contributed by atoms with Gasteiger partial charge in [-0.15, -0.1) is 3.89 Å². The van der Waals surface area contributed by atoms with Crippen LogP contribution in [0.25, 0.3) is 0 Å². The quantitative estimate of drug-likeness (QED) is 0.297. The molecule has 1 rings (SSSR count). The SMILES string of the molecule is O=Cc1ccc(OSF)c(C(=O)NCCCCCCS)c1. The maximum Gasteiger partial charge on any atom is 0.272 e. The second-order valence-corrected chi connectivity index (χ2v) is 5.15. The molecule has 116 valence electrons. The summed E-state index contributed by atoms with van der Waals surface area (Å²) in [6.45, 7) is 0.527. The predicted octanol–water partition coefficient (Wildman–Crippen LogP) is 3.63. The van der Waals surface area contributed by atoms with Gasteiger partial charge >= 0.3 is 0 Å². The van der Waals surface area contributed by atoms with Crippen LogP contribution in [0.5, 0.6) is 5.75 Å². The number of nitrogens with one attached hydrogen (secondary N) is 1. The second-order valence-electron chi connectivity index (χ2n) is 4.41. The van der Waals surface area contributed by atoms with Gasteiger partial charge in [-0.1, -0.05) is 12.8 Å². The third-order valence-electron chi connectivity index (χ3n) is 2.88. The lowest BCUT2D eigenvalue weighted by molar-refractivity contribution is 0.0951. The Morgan fingerprint density at radius 1 is 1.33 bits per heavy atom. The number of thiol groups is 1. The van der Waals surface area contributed by atoms with E-state index in [0.29, 0.717) is 18.4 Å². The van der Waals surface area contributed by atoms with E-state index in [1.54, 1.807) is 0 Å². The minimum absolute atomic E-state index is 0.0978. The molecule has 0 saturated carbocycles. The van der Waals surface area contributed by atoms with Gasteiger partial charge in [0.25, 0.3) is 18.3 Å². The summed E-state index contributed by atoms with van der Waals surface area (Å²) in [6.07, 6.45) is 4.64. The number of halogens is 1. The summed E-state index contributed by atoms with van der Waals surface area (Å²) in [7, 11) is 0. The third-order valence-corrected chi connectivity index (χ3v) is 3.43. The Morgan fingerprint density at radius 3 is 2.76 bits per heavy atom. The Balaban J connectivity index is 2.57. The van der Waals surface area contributed by atoms with E-state index in [4.69, 9.17) is 0 Å². The van der Waals surface area contributed by atoms with Crippen LogP contribution in [0.1, 0.15) is 46.4 Å². The summed E-state index contributed by atoms with van der Waals surface area (Å²) in [5, 5.41) is 2.74. The molecule has 0 aliphatic heterocycles. The maximum absolute atomic E-state index is 12.2. The molecule has 0 fully saturated rings. The van der Waals surface area contributed by atoms with Crippen LogP contribution >= 0.6 is 25.1 Å². The molecule has 1 N–H and O–H groups in total. The predicted molar refractivity (Wildman–Crippen MR) is 85.8 cm³/mol. The average molecular weight is 331 g/mol. The van der Waals surface area contributed by atoms with Crippen LogP contribution in [0.15, 0.2) is 18.2 Å². The molecule has 1 aromatic rings. The molecule has 1 aromatic carbocycles. The number of carbonyl (C=O) groups is 2. The molecule has 0 spiro atoms. The molecule has 0 saturated heterocycles. The number of unbranched alkanes of at least 4 members (excludes halogenated alkanes) is 3. The summed E-state index contributed by atoms with van der Waals surface area (Å²) in [6, 6.07) is 4.25. The minimum atomic E-state index is -0.378. The van der Waals surface area contributed by atoms with E-state index in [2.05, 4.69) is 22.1 Å². The zero-order valence-corrected chi connectivity index (χ0v) is 13.2. The summed E-state index contributed by atoms with van der Waals surface area (Å²) in [4.78, 5) is 22.8. The highest BCUT2D eigenvalue weighted by Crippen LogP contribution is 2.23. The third kappa shape index (κ3) is 6.39. The molecule has 1 amide bonds. The topological polar surface area (TPSA) is 55.4 Å². The van der Waals surface area contributed by atoms with E-state index in [0.717, 1.165) is 31.4 Å². The number of rotatable bonds is 10. The number of hydrogen-bond acceptors (Lipinski definition) is 5. The van der Waals surface area contributed by atoms with E-state index in [1.165, 1.54) is 18.2 Å². The number of benzene rings is 1. The smallest absolute Gasteiger partial charge is 0.272 e. The Morgan fingerprint density at radius 2 is 2.10 bits per heavy atom. The lowest BCUT2D eigenvalue weighted by Gasteiger charge is -2.09. The van der Waals surface area contributed by atoms with Crippen molar-refractivity contribution in [2.75, 3.05) is 12.3 Å². The fraction of sp³-hybridized carbons (Fsp3) is 0.429. The molecule has 0 unspecified atom stereocenters. The van der Waals surface area contributed by atoms with Crippen molar-refractivity contribution in [2.45, 2.75) is 25.7 Å². The van der Waals surface area contributed by atoms with Gasteiger partial charge < -0.3 is 9.50 Å². The lowest BCUT2D eigenvalue weighted by atomic mass is 10.1. The van der Waals surface area contributed by atoms with E-state index in [-0.39, 0.29) is 29.6 Å². The van der Waals surface area contributed by atoms with E-state index in [9.17, 15) is 13.5 Å². The standard InChI is InChI=1S/C14H18FNO3S2/c15-21-19-13-6-5-11(10-17)9-12(13)14(18)16-7-3-1-2-4-8-20/h5-6,9-10,20H,1-4,7-8H2,(H,16,18). The zero-order valence-electron chi connectivity index (χ0n) is 11.5. The average Bonchev–Trinajstić information content (AvgIpc) is 2.51. The van der Waals surface area contributed by atoms with Crippen LogP contribution < -0.4 is 9.50 Å². The molecule has 21 heavy (non-hydrogen) atoms. The summed E-state index contributed by atoms with van der Waals surface area (Å²) >= 11 is 3.79. The molecule has 0 radical (unpaired) electrons. The number of aldehydes is 1.